The summed E-state index contributed by atoms with van der Waals surface area (Å²) in [5.74, 6) is -0.164. The predicted molar refractivity (Wildman–Crippen MR) is 107 cm³/mol. The van der Waals surface area contributed by atoms with Crippen LogP contribution in [-0.2, 0) is 6.42 Å². The van der Waals surface area contributed by atoms with Gasteiger partial charge < -0.3 is 10.6 Å². The van der Waals surface area contributed by atoms with Crippen molar-refractivity contribution in [1.29, 1.82) is 0 Å². The zero-order valence-corrected chi connectivity index (χ0v) is 15.3. The number of nitrogens with one attached hydrogen (secondary N) is 2. The zero-order chi connectivity index (χ0) is 18.5. The van der Waals surface area contributed by atoms with Crippen LogP contribution in [0.5, 0.6) is 0 Å². The van der Waals surface area contributed by atoms with Gasteiger partial charge in [0.1, 0.15) is 0 Å². The molecular weight excluding hydrogens is 322 g/mol. The number of amides is 1. The van der Waals surface area contributed by atoms with E-state index in [0.29, 0.717) is 5.56 Å². The fraction of sp³-hybridized carbons (Fsp3) is 0.182. The lowest BCUT2D eigenvalue weighted by molar-refractivity contribution is 0.102. The fourth-order valence-corrected chi connectivity index (χ4v) is 2.99. The first kappa shape index (κ1) is 17.7. The largest absolute Gasteiger partial charge is 0.354 e. The monoisotopic (exact) mass is 345 g/mol. The van der Waals surface area contributed by atoms with Gasteiger partial charge in [-0.25, -0.2) is 0 Å². The average molecular weight is 345 g/mol. The standard InChI is InChI=1S/C22H23N3O/c1-4-17-7-5-6-8-21(17)25-22(26)18-12-20(14-23-13-18)24-19-10-15(2)9-16(3)11-19/h5-14,24H,4H2,1-3H3,(H,25,26). The molecule has 3 aromatic rings. The predicted octanol–water partition coefficient (Wildman–Crippen LogP) is 5.26. The molecule has 0 aliphatic rings. The highest BCUT2D eigenvalue weighted by molar-refractivity contribution is 6.05. The second-order valence-corrected chi connectivity index (χ2v) is 6.43. The van der Waals surface area contributed by atoms with Gasteiger partial charge in [-0.3, -0.25) is 9.78 Å². The number of nitrogens with zero attached hydrogens (tertiary/aromatic N) is 1. The lowest BCUT2D eigenvalue weighted by Gasteiger charge is -2.11. The minimum atomic E-state index is -0.164. The van der Waals surface area contributed by atoms with E-state index in [0.717, 1.165) is 29.0 Å². The fourth-order valence-electron chi connectivity index (χ4n) is 2.99. The van der Waals surface area contributed by atoms with Crippen molar-refractivity contribution < 1.29 is 4.79 Å². The third-order valence-electron chi connectivity index (χ3n) is 4.16. The van der Waals surface area contributed by atoms with E-state index >= 15 is 0 Å². The van der Waals surface area contributed by atoms with Crippen LogP contribution in [0.3, 0.4) is 0 Å². The van der Waals surface area contributed by atoms with Crippen LogP contribution < -0.4 is 10.6 Å². The Labute approximate surface area is 154 Å². The molecule has 0 saturated carbocycles. The Morgan fingerprint density at radius 3 is 2.42 bits per heavy atom. The normalized spacial score (nSPS) is 10.4. The Hall–Kier alpha value is -3.14. The van der Waals surface area contributed by atoms with Crippen molar-refractivity contribution in [3.8, 4) is 0 Å². The molecule has 1 heterocycles. The molecular formula is C22H23N3O. The number of benzene rings is 2. The minimum Gasteiger partial charge on any atom is -0.354 e. The van der Waals surface area contributed by atoms with Gasteiger partial charge in [0.15, 0.2) is 0 Å². The number of hydrogen-bond donors (Lipinski definition) is 2. The number of anilines is 3. The summed E-state index contributed by atoms with van der Waals surface area (Å²) in [4.78, 5) is 16.8. The number of para-hydroxylation sites is 1. The van der Waals surface area contributed by atoms with Crippen molar-refractivity contribution in [2.75, 3.05) is 10.6 Å². The van der Waals surface area contributed by atoms with Gasteiger partial charge in [0.05, 0.1) is 17.4 Å². The zero-order valence-electron chi connectivity index (χ0n) is 15.3. The summed E-state index contributed by atoms with van der Waals surface area (Å²) in [5, 5.41) is 6.31. The summed E-state index contributed by atoms with van der Waals surface area (Å²) in [6, 6.07) is 15.9. The summed E-state index contributed by atoms with van der Waals surface area (Å²) in [7, 11) is 0. The third kappa shape index (κ3) is 4.28. The molecule has 3 rings (SSSR count). The second-order valence-electron chi connectivity index (χ2n) is 6.43. The van der Waals surface area contributed by atoms with Gasteiger partial charge in [-0.1, -0.05) is 31.2 Å². The summed E-state index contributed by atoms with van der Waals surface area (Å²) < 4.78 is 0. The van der Waals surface area contributed by atoms with Gasteiger partial charge >= 0.3 is 0 Å². The molecule has 0 fully saturated rings. The second kappa shape index (κ2) is 7.83. The molecule has 0 aliphatic carbocycles. The molecule has 0 atom stereocenters. The Morgan fingerprint density at radius 1 is 0.962 bits per heavy atom. The molecule has 0 bridgehead atoms. The Morgan fingerprint density at radius 2 is 1.69 bits per heavy atom. The van der Waals surface area contributed by atoms with Crippen LogP contribution in [0.1, 0.15) is 34.0 Å². The molecule has 0 aliphatic heterocycles. The topological polar surface area (TPSA) is 54.0 Å². The smallest absolute Gasteiger partial charge is 0.257 e. The van der Waals surface area contributed by atoms with Crippen LogP contribution in [-0.4, -0.2) is 10.9 Å². The molecule has 1 amide bonds. The number of carbonyl (C=O) groups is 1. The molecule has 4 nitrogen and oxygen atoms in total. The van der Waals surface area contributed by atoms with Crippen molar-refractivity contribution >= 4 is 23.0 Å². The number of aromatic nitrogens is 1. The van der Waals surface area contributed by atoms with Crippen LogP contribution in [0.25, 0.3) is 0 Å². The maximum atomic E-state index is 12.6. The van der Waals surface area contributed by atoms with E-state index in [1.165, 1.54) is 11.1 Å². The number of hydrogen-bond acceptors (Lipinski definition) is 3. The molecule has 26 heavy (non-hydrogen) atoms. The number of rotatable bonds is 5. The van der Waals surface area contributed by atoms with E-state index in [1.54, 1.807) is 12.4 Å². The molecule has 0 unspecified atom stereocenters. The molecule has 4 heteroatoms. The van der Waals surface area contributed by atoms with Crippen LogP contribution >= 0.6 is 0 Å². The molecule has 0 spiro atoms. The average Bonchev–Trinajstić information content (AvgIpc) is 2.61. The highest BCUT2D eigenvalue weighted by atomic mass is 16.1. The lowest BCUT2D eigenvalue weighted by atomic mass is 10.1. The molecule has 2 N–H and O–H groups in total. The van der Waals surface area contributed by atoms with Gasteiger partial charge in [-0.05, 0) is 61.2 Å². The first-order chi connectivity index (χ1) is 12.5. The van der Waals surface area contributed by atoms with Gasteiger partial charge in [0.25, 0.3) is 5.91 Å². The molecule has 132 valence electrons. The van der Waals surface area contributed by atoms with Gasteiger partial charge in [-0.15, -0.1) is 0 Å². The van der Waals surface area contributed by atoms with E-state index in [-0.39, 0.29) is 5.91 Å². The van der Waals surface area contributed by atoms with Gasteiger partial charge in [0.2, 0.25) is 0 Å². The third-order valence-corrected chi connectivity index (χ3v) is 4.16. The number of carbonyl (C=O) groups excluding carboxylic acids is 1. The Balaban J connectivity index is 1.79. The highest BCUT2D eigenvalue weighted by Gasteiger charge is 2.10. The van der Waals surface area contributed by atoms with Crippen LogP contribution in [0.4, 0.5) is 17.1 Å². The van der Waals surface area contributed by atoms with E-state index < -0.39 is 0 Å². The first-order valence-corrected chi connectivity index (χ1v) is 8.75. The number of pyridine rings is 1. The summed E-state index contributed by atoms with van der Waals surface area (Å²) in [5.41, 5.74) is 6.61. The Bertz CT molecular complexity index is 914. The van der Waals surface area contributed by atoms with Crippen LogP contribution in [0, 0.1) is 13.8 Å². The SMILES string of the molecule is CCc1ccccc1NC(=O)c1cncc(Nc2cc(C)cc(C)c2)c1. The van der Waals surface area contributed by atoms with Gasteiger partial charge in [0, 0.05) is 17.6 Å². The van der Waals surface area contributed by atoms with Crippen molar-refractivity contribution in [3.05, 3.63) is 83.2 Å². The quantitative estimate of drug-likeness (QED) is 0.663. The van der Waals surface area contributed by atoms with Crippen LogP contribution in [0.15, 0.2) is 60.9 Å². The minimum absolute atomic E-state index is 0.164. The van der Waals surface area contributed by atoms with Crippen molar-refractivity contribution in [2.45, 2.75) is 27.2 Å². The number of aryl methyl sites for hydroxylation is 3. The first-order valence-electron chi connectivity index (χ1n) is 8.75. The maximum absolute atomic E-state index is 12.6. The van der Waals surface area contributed by atoms with Crippen LogP contribution in [0.2, 0.25) is 0 Å². The summed E-state index contributed by atoms with van der Waals surface area (Å²) in [6.07, 6.45) is 4.16. The van der Waals surface area contributed by atoms with Crippen molar-refractivity contribution in [2.24, 2.45) is 0 Å². The van der Waals surface area contributed by atoms with E-state index in [9.17, 15) is 4.79 Å². The molecule has 0 radical (unpaired) electrons. The van der Waals surface area contributed by atoms with Gasteiger partial charge in [-0.2, -0.15) is 0 Å². The molecule has 1 aromatic heterocycles. The highest BCUT2D eigenvalue weighted by Crippen LogP contribution is 2.21. The molecule has 2 aromatic carbocycles. The van der Waals surface area contributed by atoms with E-state index in [2.05, 4.69) is 54.6 Å². The molecule has 0 saturated heterocycles. The van der Waals surface area contributed by atoms with Crippen molar-refractivity contribution in [3.63, 3.8) is 0 Å². The van der Waals surface area contributed by atoms with E-state index in [4.69, 9.17) is 0 Å². The van der Waals surface area contributed by atoms with Crippen molar-refractivity contribution in [1.82, 2.24) is 4.98 Å². The lowest BCUT2D eigenvalue weighted by Crippen LogP contribution is -2.13. The summed E-state index contributed by atoms with van der Waals surface area (Å²) >= 11 is 0. The maximum Gasteiger partial charge on any atom is 0.257 e. The van der Waals surface area contributed by atoms with E-state index in [1.807, 2.05) is 30.3 Å². The summed E-state index contributed by atoms with van der Waals surface area (Å²) in [6.45, 7) is 6.19. The Kier molecular flexibility index (Phi) is 5.32.